The van der Waals surface area contributed by atoms with E-state index in [1.54, 1.807) is 6.92 Å². The van der Waals surface area contributed by atoms with E-state index in [1.807, 2.05) is 0 Å². The molecule has 0 saturated carbocycles. The predicted molar refractivity (Wildman–Crippen MR) is 35.8 cm³/mol. The number of halogens is 1. The fraction of sp³-hybridized carbons (Fsp3) is 0.143. The first-order chi connectivity index (χ1) is 4.09. The molecule has 0 aromatic carbocycles. The van der Waals surface area contributed by atoms with E-state index in [4.69, 9.17) is 5.11 Å². The van der Waals surface area contributed by atoms with Crippen LogP contribution in [-0.4, -0.2) is 5.11 Å². The Bertz CT molecular complexity index is 168. The summed E-state index contributed by atoms with van der Waals surface area (Å²) < 4.78 is 12.0. The zero-order valence-electron chi connectivity index (χ0n) is 5.32. The number of allylic oxidation sites excluding steroid dienone is 3. The lowest BCUT2D eigenvalue weighted by molar-refractivity contribution is 0.386. The molecule has 9 heavy (non-hydrogen) atoms. The van der Waals surface area contributed by atoms with Gasteiger partial charge in [0.05, 0.1) is 0 Å². The van der Waals surface area contributed by atoms with Crippen LogP contribution < -0.4 is 0 Å². The van der Waals surface area contributed by atoms with Gasteiger partial charge in [-0.3, -0.25) is 0 Å². The van der Waals surface area contributed by atoms with Crippen LogP contribution in [0.15, 0.2) is 36.4 Å². The number of aliphatic hydroxyl groups is 1. The van der Waals surface area contributed by atoms with Crippen LogP contribution in [0.5, 0.6) is 0 Å². The Labute approximate surface area is 53.8 Å². The van der Waals surface area contributed by atoms with Gasteiger partial charge in [0.25, 0.3) is 0 Å². The lowest BCUT2D eigenvalue weighted by Crippen LogP contribution is -1.83. The average Bonchev–Trinajstić information content (AvgIpc) is 1.84. The van der Waals surface area contributed by atoms with E-state index in [0.29, 0.717) is 5.57 Å². The molecule has 0 atom stereocenters. The molecule has 0 aliphatic rings. The molecule has 0 aliphatic heterocycles. The molecule has 0 radical (unpaired) electrons. The molecule has 1 N–H and O–H groups in total. The smallest absolute Gasteiger partial charge is 0.157 e. The number of hydrogen-bond donors (Lipinski definition) is 1. The van der Waals surface area contributed by atoms with Gasteiger partial charge in [0, 0.05) is 0 Å². The summed E-state index contributed by atoms with van der Waals surface area (Å²) in [5.74, 6) is -1.25. The molecule has 0 spiro atoms. The van der Waals surface area contributed by atoms with Crippen molar-refractivity contribution in [2.75, 3.05) is 0 Å². The van der Waals surface area contributed by atoms with E-state index >= 15 is 0 Å². The largest absolute Gasteiger partial charge is 0.505 e. The SMILES string of the molecule is C=C/C(C)=C(\O)C(=C)F. The minimum Gasteiger partial charge on any atom is -0.505 e. The van der Waals surface area contributed by atoms with Crippen molar-refractivity contribution in [2.24, 2.45) is 0 Å². The molecule has 0 bridgehead atoms. The maximum Gasteiger partial charge on any atom is 0.157 e. The second-order valence-corrected chi connectivity index (χ2v) is 1.64. The van der Waals surface area contributed by atoms with Gasteiger partial charge in [-0.25, -0.2) is 4.39 Å². The molecule has 0 aromatic rings. The molecule has 1 nitrogen and oxygen atoms in total. The normalized spacial score (nSPS) is 12.2. The highest BCUT2D eigenvalue weighted by molar-refractivity contribution is 5.27. The Balaban J connectivity index is 4.47. The highest BCUT2D eigenvalue weighted by Crippen LogP contribution is 2.10. The molecule has 0 heterocycles. The molecule has 50 valence electrons. The molecule has 2 heteroatoms. The summed E-state index contributed by atoms with van der Waals surface area (Å²) in [6, 6.07) is 0. The van der Waals surface area contributed by atoms with Gasteiger partial charge in [-0.15, -0.1) is 0 Å². The van der Waals surface area contributed by atoms with Crippen LogP contribution in [0.1, 0.15) is 6.92 Å². The van der Waals surface area contributed by atoms with Crippen LogP contribution in [-0.2, 0) is 0 Å². The highest BCUT2D eigenvalue weighted by Gasteiger charge is 1.98. The molecular formula is C7H9FO. The lowest BCUT2D eigenvalue weighted by Gasteiger charge is -1.95. The van der Waals surface area contributed by atoms with Crippen LogP contribution in [0.4, 0.5) is 4.39 Å². The Kier molecular flexibility index (Phi) is 2.71. The first kappa shape index (κ1) is 7.95. The van der Waals surface area contributed by atoms with Crippen LogP contribution in [0.3, 0.4) is 0 Å². The van der Waals surface area contributed by atoms with Gasteiger partial charge in [0.1, 0.15) is 0 Å². The van der Waals surface area contributed by atoms with Crippen molar-refractivity contribution in [3.05, 3.63) is 36.4 Å². The van der Waals surface area contributed by atoms with Crippen molar-refractivity contribution in [1.82, 2.24) is 0 Å². The van der Waals surface area contributed by atoms with E-state index in [2.05, 4.69) is 13.2 Å². The Morgan fingerprint density at radius 3 is 2.22 bits per heavy atom. The van der Waals surface area contributed by atoms with Crippen LogP contribution in [0.25, 0.3) is 0 Å². The van der Waals surface area contributed by atoms with Crippen molar-refractivity contribution >= 4 is 0 Å². The predicted octanol–water partition coefficient (Wildman–Crippen LogP) is 2.49. The maximum atomic E-state index is 12.0. The molecule has 0 fully saturated rings. The van der Waals surface area contributed by atoms with Gasteiger partial charge in [-0.05, 0) is 12.5 Å². The minimum absolute atomic E-state index is 0.391. The van der Waals surface area contributed by atoms with E-state index < -0.39 is 11.6 Å². The Morgan fingerprint density at radius 1 is 1.67 bits per heavy atom. The van der Waals surface area contributed by atoms with Crippen LogP contribution in [0.2, 0.25) is 0 Å². The first-order valence-electron chi connectivity index (χ1n) is 2.46. The van der Waals surface area contributed by atoms with Crippen molar-refractivity contribution < 1.29 is 9.50 Å². The standard InChI is InChI=1S/C7H9FO/c1-4-5(2)7(9)6(3)8/h4,9H,1,3H2,2H3/b7-5-. The minimum atomic E-state index is -0.826. The summed E-state index contributed by atoms with van der Waals surface area (Å²) in [4.78, 5) is 0. The fourth-order valence-electron chi connectivity index (χ4n) is 0.311. The second kappa shape index (κ2) is 3.07. The van der Waals surface area contributed by atoms with Crippen molar-refractivity contribution in [1.29, 1.82) is 0 Å². The fourth-order valence-corrected chi connectivity index (χ4v) is 0.311. The summed E-state index contributed by atoms with van der Waals surface area (Å²) in [6.45, 7) is 7.79. The third kappa shape index (κ3) is 2.13. The van der Waals surface area contributed by atoms with Crippen molar-refractivity contribution in [3.63, 3.8) is 0 Å². The van der Waals surface area contributed by atoms with E-state index in [-0.39, 0.29) is 0 Å². The first-order valence-corrected chi connectivity index (χ1v) is 2.46. The zero-order chi connectivity index (χ0) is 7.44. The van der Waals surface area contributed by atoms with Gasteiger partial charge in [0.2, 0.25) is 0 Å². The van der Waals surface area contributed by atoms with E-state index in [1.165, 1.54) is 6.08 Å². The molecule has 0 unspecified atom stereocenters. The van der Waals surface area contributed by atoms with Gasteiger partial charge in [-0.1, -0.05) is 19.2 Å². The van der Waals surface area contributed by atoms with Gasteiger partial charge >= 0.3 is 0 Å². The molecular weight excluding hydrogens is 119 g/mol. The van der Waals surface area contributed by atoms with Crippen LogP contribution in [0, 0.1) is 0 Å². The number of hydrogen-bond acceptors (Lipinski definition) is 1. The molecule has 0 aromatic heterocycles. The number of rotatable bonds is 2. The average molecular weight is 128 g/mol. The van der Waals surface area contributed by atoms with Gasteiger partial charge in [0.15, 0.2) is 11.6 Å². The van der Waals surface area contributed by atoms with E-state index in [9.17, 15) is 4.39 Å². The Hall–Kier alpha value is -1.05. The quantitative estimate of drug-likeness (QED) is 0.447. The van der Waals surface area contributed by atoms with Crippen LogP contribution >= 0.6 is 0 Å². The summed E-state index contributed by atoms with van der Waals surface area (Å²) in [5, 5.41) is 8.73. The van der Waals surface area contributed by atoms with Crippen molar-refractivity contribution in [3.8, 4) is 0 Å². The lowest BCUT2D eigenvalue weighted by atomic mass is 10.2. The van der Waals surface area contributed by atoms with Crippen molar-refractivity contribution in [2.45, 2.75) is 6.92 Å². The second-order valence-electron chi connectivity index (χ2n) is 1.64. The maximum absolute atomic E-state index is 12.0. The highest BCUT2D eigenvalue weighted by atomic mass is 19.1. The summed E-state index contributed by atoms with van der Waals surface area (Å²) >= 11 is 0. The van der Waals surface area contributed by atoms with Gasteiger partial charge in [-0.2, -0.15) is 0 Å². The molecule has 0 saturated heterocycles. The summed E-state index contributed by atoms with van der Waals surface area (Å²) in [5.41, 5.74) is 0.391. The third-order valence-electron chi connectivity index (χ3n) is 0.937. The monoisotopic (exact) mass is 128 g/mol. The van der Waals surface area contributed by atoms with E-state index in [0.717, 1.165) is 0 Å². The molecule has 0 rings (SSSR count). The topological polar surface area (TPSA) is 20.2 Å². The zero-order valence-corrected chi connectivity index (χ0v) is 5.32. The van der Waals surface area contributed by atoms with Gasteiger partial charge < -0.3 is 5.11 Å². The summed E-state index contributed by atoms with van der Waals surface area (Å²) in [6.07, 6.45) is 1.36. The Morgan fingerprint density at radius 2 is 2.11 bits per heavy atom. The number of aliphatic hydroxyl groups excluding tert-OH is 1. The summed E-state index contributed by atoms with van der Waals surface area (Å²) in [7, 11) is 0. The molecule has 0 amide bonds. The molecule has 0 aliphatic carbocycles. The third-order valence-corrected chi connectivity index (χ3v) is 0.937.